The Morgan fingerprint density at radius 2 is 2.08 bits per heavy atom. The average Bonchev–Trinajstić information content (AvgIpc) is 2.00. The van der Waals surface area contributed by atoms with Gasteiger partial charge in [-0.1, -0.05) is 0 Å². The molecule has 0 aromatic rings. The molecule has 0 saturated carbocycles. The number of carboxylic acids is 1. The van der Waals surface area contributed by atoms with Crippen LogP contribution in [0.1, 0.15) is 12.8 Å². The van der Waals surface area contributed by atoms with Gasteiger partial charge in [0.25, 0.3) is 0 Å². The fourth-order valence-electron chi connectivity index (χ4n) is 0.700. The highest BCUT2D eigenvalue weighted by molar-refractivity contribution is 7.89. The number of hydrogen-bond acceptors (Lipinski definition) is 4. The summed E-state index contributed by atoms with van der Waals surface area (Å²) in [4.78, 5) is 10.1. The van der Waals surface area contributed by atoms with E-state index in [2.05, 4.69) is 4.72 Å². The van der Waals surface area contributed by atoms with E-state index >= 15 is 0 Å². The van der Waals surface area contributed by atoms with Gasteiger partial charge in [-0.2, -0.15) is 0 Å². The molecule has 0 heterocycles. The molecule has 0 aromatic carbocycles. The highest BCUT2D eigenvalue weighted by atomic mass is 32.2. The first kappa shape index (κ1) is 12.3. The number of nitrogens with two attached hydrogens (primary N) is 1. The van der Waals surface area contributed by atoms with Crippen molar-refractivity contribution in [1.29, 1.82) is 0 Å². The van der Waals surface area contributed by atoms with Gasteiger partial charge < -0.3 is 10.8 Å². The van der Waals surface area contributed by atoms with Gasteiger partial charge in [0.1, 0.15) is 0 Å². The highest BCUT2D eigenvalue weighted by Crippen LogP contribution is 1.93. The third-order valence-corrected chi connectivity index (χ3v) is 2.74. The van der Waals surface area contributed by atoms with Crippen LogP contribution >= 0.6 is 0 Å². The lowest BCUT2D eigenvalue weighted by Crippen LogP contribution is -2.31. The lowest BCUT2D eigenvalue weighted by atomic mass is 10.3. The van der Waals surface area contributed by atoms with Gasteiger partial charge in [0.15, 0.2) is 0 Å². The molecule has 0 radical (unpaired) electrons. The minimum atomic E-state index is -3.33. The second kappa shape index (κ2) is 5.90. The van der Waals surface area contributed by atoms with Gasteiger partial charge in [-0.05, 0) is 6.42 Å². The van der Waals surface area contributed by atoms with Crippen molar-refractivity contribution >= 4 is 16.0 Å². The van der Waals surface area contributed by atoms with Crippen LogP contribution in [-0.2, 0) is 14.8 Å². The molecule has 0 fully saturated rings. The summed E-state index contributed by atoms with van der Waals surface area (Å²) >= 11 is 0. The van der Waals surface area contributed by atoms with Crippen molar-refractivity contribution in [3.8, 4) is 0 Å². The Bertz CT molecular complexity index is 249. The molecule has 13 heavy (non-hydrogen) atoms. The van der Waals surface area contributed by atoms with Crippen molar-refractivity contribution in [2.75, 3.05) is 18.8 Å². The van der Waals surface area contributed by atoms with Crippen molar-refractivity contribution in [1.82, 2.24) is 4.72 Å². The molecular formula is C6H14N2O4S. The molecule has 0 unspecified atom stereocenters. The second-order valence-corrected chi connectivity index (χ2v) is 4.43. The van der Waals surface area contributed by atoms with Gasteiger partial charge in [-0.3, -0.25) is 4.79 Å². The molecule has 78 valence electrons. The molecule has 0 amide bonds. The molecule has 0 aliphatic carbocycles. The van der Waals surface area contributed by atoms with E-state index < -0.39 is 16.0 Å². The molecule has 0 aromatic heterocycles. The second-order valence-electron chi connectivity index (χ2n) is 2.50. The summed E-state index contributed by atoms with van der Waals surface area (Å²) in [5.41, 5.74) is 5.09. The maximum Gasteiger partial charge on any atom is 0.303 e. The number of nitrogens with one attached hydrogen (secondary N) is 1. The molecule has 7 heteroatoms. The molecule has 0 bridgehead atoms. The largest absolute Gasteiger partial charge is 0.481 e. The number of carboxylic acid groups (broad SMARTS) is 1. The molecule has 0 rings (SSSR count). The Kier molecular flexibility index (Phi) is 5.60. The molecule has 4 N–H and O–H groups in total. The Balaban J connectivity index is 3.70. The number of hydrogen-bond donors (Lipinski definition) is 3. The predicted molar refractivity (Wildman–Crippen MR) is 47.7 cm³/mol. The Labute approximate surface area is 77.2 Å². The standard InChI is InChI=1S/C6H14N2O4S/c7-3-4-8-13(11,12)5-1-2-6(9)10/h8H,1-5,7H2,(H,9,10). The van der Waals surface area contributed by atoms with E-state index in [0.717, 1.165) is 0 Å². The van der Waals surface area contributed by atoms with Crippen LogP contribution in [0.25, 0.3) is 0 Å². The zero-order chi connectivity index (χ0) is 10.3. The quantitative estimate of drug-likeness (QED) is 0.485. The van der Waals surface area contributed by atoms with E-state index in [0.29, 0.717) is 0 Å². The molecule has 0 aliphatic rings. The number of sulfonamides is 1. The Hall–Kier alpha value is -0.660. The van der Waals surface area contributed by atoms with Crippen LogP contribution in [0.15, 0.2) is 0 Å². The molecular weight excluding hydrogens is 196 g/mol. The van der Waals surface area contributed by atoms with E-state index in [1.54, 1.807) is 0 Å². The van der Waals surface area contributed by atoms with Crippen LogP contribution in [0.5, 0.6) is 0 Å². The Morgan fingerprint density at radius 3 is 2.54 bits per heavy atom. The molecule has 0 aliphatic heterocycles. The third kappa shape index (κ3) is 7.69. The van der Waals surface area contributed by atoms with Gasteiger partial charge in [0.05, 0.1) is 5.75 Å². The topological polar surface area (TPSA) is 109 Å². The van der Waals surface area contributed by atoms with E-state index in [9.17, 15) is 13.2 Å². The van der Waals surface area contributed by atoms with Gasteiger partial charge in [0, 0.05) is 19.5 Å². The predicted octanol–water partition coefficient (Wildman–Crippen LogP) is -1.27. The first-order chi connectivity index (χ1) is 5.98. The zero-order valence-corrected chi connectivity index (χ0v) is 8.01. The third-order valence-electron chi connectivity index (χ3n) is 1.27. The van der Waals surface area contributed by atoms with E-state index in [-0.39, 0.29) is 31.7 Å². The maximum atomic E-state index is 11.0. The Morgan fingerprint density at radius 1 is 1.46 bits per heavy atom. The first-order valence-electron chi connectivity index (χ1n) is 3.87. The highest BCUT2D eigenvalue weighted by Gasteiger charge is 2.09. The number of carbonyl (C=O) groups is 1. The van der Waals surface area contributed by atoms with Gasteiger partial charge >= 0.3 is 5.97 Å². The monoisotopic (exact) mass is 210 g/mol. The van der Waals surface area contributed by atoms with Crippen LogP contribution in [-0.4, -0.2) is 38.3 Å². The normalized spacial score (nSPS) is 11.5. The number of rotatable bonds is 7. The maximum absolute atomic E-state index is 11.0. The van der Waals surface area contributed by atoms with Crippen molar-refractivity contribution in [3.63, 3.8) is 0 Å². The summed E-state index contributed by atoms with van der Waals surface area (Å²) in [6.45, 7) is 0.424. The van der Waals surface area contributed by atoms with Gasteiger partial charge in [-0.25, -0.2) is 13.1 Å². The van der Waals surface area contributed by atoms with Crippen LogP contribution in [0, 0.1) is 0 Å². The lowest BCUT2D eigenvalue weighted by Gasteiger charge is -2.03. The van der Waals surface area contributed by atoms with Crippen LogP contribution in [0.4, 0.5) is 0 Å². The summed E-state index contributed by atoms with van der Waals surface area (Å²) in [5, 5.41) is 8.25. The van der Waals surface area contributed by atoms with Crippen LogP contribution < -0.4 is 10.5 Å². The van der Waals surface area contributed by atoms with Crippen molar-refractivity contribution < 1.29 is 18.3 Å². The van der Waals surface area contributed by atoms with E-state index in [1.807, 2.05) is 0 Å². The van der Waals surface area contributed by atoms with Crippen LogP contribution in [0.3, 0.4) is 0 Å². The minimum absolute atomic E-state index is 0.120. The van der Waals surface area contributed by atoms with Crippen LogP contribution in [0.2, 0.25) is 0 Å². The van der Waals surface area contributed by atoms with Gasteiger partial charge in [-0.15, -0.1) is 0 Å². The number of aliphatic carboxylic acids is 1. The molecule has 0 spiro atoms. The lowest BCUT2D eigenvalue weighted by molar-refractivity contribution is -0.137. The molecule has 0 saturated heterocycles. The molecule has 0 atom stereocenters. The summed E-state index contributed by atoms with van der Waals surface area (Å²) in [5.74, 6) is -1.16. The minimum Gasteiger partial charge on any atom is -0.481 e. The first-order valence-corrected chi connectivity index (χ1v) is 5.52. The van der Waals surface area contributed by atoms with Crippen molar-refractivity contribution in [2.24, 2.45) is 5.73 Å². The fourth-order valence-corrected chi connectivity index (χ4v) is 1.80. The van der Waals surface area contributed by atoms with Crippen molar-refractivity contribution in [3.05, 3.63) is 0 Å². The van der Waals surface area contributed by atoms with E-state index in [1.165, 1.54) is 0 Å². The summed E-state index contributed by atoms with van der Waals surface area (Å²) in [6, 6.07) is 0. The fraction of sp³-hybridized carbons (Fsp3) is 0.833. The summed E-state index contributed by atoms with van der Waals surface area (Å²) in [6.07, 6.45) is -0.0151. The summed E-state index contributed by atoms with van der Waals surface area (Å²) in [7, 11) is -3.33. The smallest absolute Gasteiger partial charge is 0.303 e. The van der Waals surface area contributed by atoms with E-state index in [4.69, 9.17) is 10.8 Å². The average molecular weight is 210 g/mol. The molecule has 6 nitrogen and oxygen atoms in total. The zero-order valence-electron chi connectivity index (χ0n) is 7.19. The SMILES string of the molecule is NCCNS(=O)(=O)CCCC(=O)O. The summed E-state index contributed by atoms with van der Waals surface area (Å²) < 4.78 is 24.3. The van der Waals surface area contributed by atoms with Gasteiger partial charge in [0.2, 0.25) is 10.0 Å². The van der Waals surface area contributed by atoms with Crippen molar-refractivity contribution in [2.45, 2.75) is 12.8 Å².